The number of nitrogens with zero attached hydrogens (tertiary/aromatic N) is 2. The van der Waals surface area contributed by atoms with Crippen LogP contribution in [0.1, 0.15) is 39.3 Å². The van der Waals surface area contributed by atoms with Gasteiger partial charge in [-0.3, -0.25) is 9.48 Å². The Bertz CT molecular complexity index is 468. The van der Waals surface area contributed by atoms with Crippen LogP contribution in [0.25, 0.3) is 0 Å². The first-order valence-corrected chi connectivity index (χ1v) is 7.27. The molecular weight excluding hydrogens is 254 g/mol. The van der Waals surface area contributed by atoms with Crippen molar-refractivity contribution in [2.24, 2.45) is 18.4 Å². The molecule has 2 heterocycles. The molecule has 1 aromatic heterocycles. The summed E-state index contributed by atoms with van der Waals surface area (Å²) in [6.07, 6.45) is 2.51. The number of hydrogen-bond donors (Lipinski definition) is 1. The van der Waals surface area contributed by atoms with Gasteiger partial charge in [0.1, 0.15) is 5.82 Å². The van der Waals surface area contributed by atoms with Gasteiger partial charge in [-0.15, -0.1) is 0 Å². The molecule has 1 amide bonds. The van der Waals surface area contributed by atoms with Gasteiger partial charge in [-0.25, -0.2) is 0 Å². The normalized spacial score (nSPS) is 17.2. The number of ether oxygens (including phenoxy) is 1. The van der Waals surface area contributed by atoms with E-state index in [0.29, 0.717) is 13.2 Å². The van der Waals surface area contributed by atoms with E-state index in [-0.39, 0.29) is 17.2 Å². The summed E-state index contributed by atoms with van der Waals surface area (Å²) in [4.78, 5) is 12.2. The van der Waals surface area contributed by atoms with Crippen molar-refractivity contribution >= 4 is 11.7 Å². The Morgan fingerprint density at radius 3 is 2.70 bits per heavy atom. The summed E-state index contributed by atoms with van der Waals surface area (Å²) in [6.45, 7) is 7.91. The Labute approximate surface area is 120 Å². The monoisotopic (exact) mass is 279 g/mol. The number of hydrogen-bond acceptors (Lipinski definition) is 3. The molecule has 20 heavy (non-hydrogen) atoms. The van der Waals surface area contributed by atoms with E-state index in [1.807, 2.05) is 13.1 Å². The third-order valence-corrected chi connectivity index (χ3v) is 3.49. The number of nitrogens with one attached hydrogen (secondary N) is 1. The van der Waals surface area contributed by atoms with Gasteiger partial charge in [0.05, 0.1) is 5.69 Å². The van der Waals surface area contributed by atoms with E-state index >= 15 is 0 Å². The minimum absolute atomic E-state index is 0.0599. The molecule has 5 nitrogen and oxygen atoms in total. The second-order valence-electron chi connectivity index (χ2n) is 6.76. The number of amides is 1. The molecule has 1 fully saturated rings. The van der Waals surface area contributed by atoms with Gasteiger partial charge in [0, 0.05) is 32.2 Å². The first-order valence-electron chi connectivity index (χ1n) is 7.27. The zero-order valence-corrected chi connectivity index (χ0v) is 12.9. The predicted molar refractivity (Wildman–Crippen MR) is 78.5 cm³/mol. The summed E-state index contributed by atoms with van der Waals surface area (Å²) < 4.78 is 7.03. The molecule has 0 spiro atoms. The molecule has 1 saturated heterocycles. The predicted octanol–water partition coefficient (Wildman–Crippen LogP) is 2.37. The number of aromatic nitrogens is 2. The van der Waals surface area contributed by atoms with Crippen LogP contribution in [0.4, 0.5) is 5.82 Å². The highest BCUT2D eigenvalue weighted by atomic mass is 16.5. The Kier molecular flexibility index (Phi) is 4.48. The maximum absolute atomic E-state index is 12.2. The van der Waals surface area contributed by atoms with E-state index in [9.17, 15) is 4.79 Å². The van der Waals surface area contributed by atoms with Crippen molar-refractivity contribution in [1.82, 2.24) is 9.78 Å². The molecular formula is C15H25N3O2. The fraction of sp³-hybridized carbons (Fsp3) is 0.733. The third-order valence-electron chi connectivity index (χ3n) is 3.49. The molecule has 0 atom stereocenters. The summed E-state index contributed by atoms with van der Waals surface area (Å²) in [5, 5.41) is 7.46. The fourth-order valence-electron chi connectivity index (χ4n) is 2.46. The third kappa shape index (κ3) is 4.07. The number of carbonyl (C=O) groups excluding carboxylic acids is 1. The molecule has 1 aromatic rings. The van der Waals surface area contributed by atoms with Crippen molar-refractivity contribution in [1.29, 1.82) is 0 Å². The molecule has 1 aliphatic rings. The number of rotatable bonds is 3. The molecule has 0 aromatic carbocycles. The summed E-state index contributed by atoms with van der Waals surface area (Å²) in [6, 6.07) is 1.97. The Hall–Kier alpha value is -1.36. The molecule has 5 heteroatoms. The molecule has 112 valence electrons. The van der Waals surface area contributed by atoms with E-state index < -0.39 is 0 Å². The molecule has 0 radical (unpaired) electrons. The van der Waals surface area contributed by atoms with Crippen molar-refractivity contribution in [3.8, 4) is 0 Å². The lowest BCUT2D eigenvalue weighted by Gasteiger charge is -2.21. The molecule has 2 rings (SSSR count). The maximum Gasteiger partial charge on any atom is 0.228 e. The number of carbonyl (C=O) groups is 1. The van der Waals surface area contributed by atoms with Crippen molar-refractivity contribution in [3.05, 3.63) is 11.8 Å². The molecule has 0 bridgehead atoms. The van der Waals surface area contributed by atoms with Crippen LogP contribution in [0.2, 0.25) is 0 Å². The zero-order chi connectivity index (χ0) is 14.8. The van der Waals surface area contributed by atoms with Gasteiger partial charge in [-0.2, -0.15) is 5.10 Å². The van der Waals surface area contributed by atoms with Gasteiger partial charge in [0.15, 0.2) is 0 Å². The fourth-order valence-corrected chi connectivity index (χ4v) is 2.46. The van der Waals surface area contributed by atoms with Gasteiger partial charge in [-0.1, -0.05) is 20.8 Å². The van der Waals surface area contributed by atoms with Gasteiger partial charge in [-0.05, 0) is 24.7 Å². The minimum Gasteiger partial charge on any atom is -0.381 e. The van der Waals surface area contributed by atoms with Gasteiger partial charge < -0.3 is 10.1 Å². The van der Waals surface area contributed by atoms with Crippen LogP contribution in [-0.4, -0.2) is 28.9 Å². The Morgan fingerprint density at radius 2 is 2.10 bits per heavy atom. The van der Waals surface area contributed by atoms with Crippen LogP contribution in [-0.2, 0) is 23.0 Å². The van der Waals surface area contributed by atoms with Crippen molar-refractivity contribution in [2.45, 2.75) is 40.0 Å². The molecule has 0 unspecified atom stereocenters. The lowest BCUT2D eigenvalue weighted by atomic mass is 9.91. The highest BCUT2D eigenvalue weighted by Crippen LogP contribution is 2.22. The maximum atomic E-state index is 12.2. The minimum atomic E-state index is 0.0599. The van der Waals surface area contributed by atoms with Crippen LogP contribution >= 0.6 is 0 Å². The number of anilines is 1. The average Bonchev–Trinajstić information content (AvgIpc) is 2.68. The molecule has 0 saturated carbocycles. The van der Waals surface area contributed by atoms with Gasteiger partial charge in [0.25, 0.3) is 0 Å². The summed E-state index contributed by atoms with van der Waals surface area (Å²) in [5.41, 5.74) is 1.21. The van der Waals surface area contributed by atoms with Crippen LogP contribution < -0.4 is 5.32 Å². The second-order valence-corrected chi connectivity index (χ2v) is 6.76. The van der Waals surface area contributed by atoms with Crippen molar-refractivity contribution in [3.63, 3.8) is 0 Å². The standard InChI is InChI=1S/C15H25N3O2/c1-15(2,3)10-12-9-13(18(4)17-12)16-14(19)11-5-7-20-8-6-11/h9,11H,5-8,10H2,1-4H3,(H,16,19). The first-order chi connectivity index (χ1) is 9.35. The van der Waals surface area contributed by atoms with Gasteiger partial charge >= 0.3 is 0 Å². The second kappa shape index (κ2) is 5.95. The van der Waals surface area contributed by atoms with Crippen LogP contribution in [0, 0.1) is 11.3 Å². The van der Waals surface area contributed by atoms with Crippen molar-refractivity contribution < 1.29 is 9.53 Å². The largest absolute Gasteiger partial charge is 0.381 e. The van der Waals surface area contributed by atoms with Crippen LogP contribution in [0.3, 0.4) is 0 Å². The average molecular weight is 279 g/mol. The van der Waals surface area contributed by atoms with E-state index in [1.54, 1.807) is 4.68 Å². The quantitative estimate of drug-likeness (QED) is 0.924. The topological polar surface area (TPSA) is 56.2 Å². The van der Waals surface area contributed by atoms with Gasteiger partial charge in [0.2, 0.25) is 5.91 Å². The Morgan fingerprint density at radius 1 is 1.45 bits per heavy atom. The smallest absolute Gasteiger partial charge is 0.228 e. The highest BCUT2D eigenvalue weighted by molar-refractivity contribution is 5.91. The highest BCUT2D eigenvalue weighted by Gasteiger charge is 2.23. The van der Waals surface area contributed by atoms with E-state index in [1.165, 1.54) is 0 Å². The summed E-state index contributed by atoms with van der Waals surface area (Å²) >= 11 is 0. The number of aryl methyl sites for hydroxylation is 1. The SMILES string of the molecule is Cn1nc(CC(C)(C)C)cc1NC(=O)C1CCOCC1. The van der Waals surface area contributed by atoms with E-state index in [4.69, 9.17) is 4.74 Å². The molecule has 1 N–H and O–H groups in total. The van der Waals surface area contributed by atoms with Crippen LogP contribution in [0.5, 0.6) is 0 Å². The zero-order valence-electron chi connectivity index (χ0n) is 12.9. The summed E-state index contributed by atoms with van der Waals surface area (Å²) in [5.74, 6) is 0.920. The lowest BCUT2D eigenvalue weighted by Crippen LogP contribution is -2.29. The lowest BCUT2D eigenvalue weighted by molar-refractivity contribution is -0.122. The molecule has 1 aliphatic heterocycles. The Balaban J connectivity index is 2.00. The van der Waals surface area contributed by atoms with Crippen molar-refractivity contribution in [2.75, 3.05) is 18.5 Å². The van der Waals surface area contributed by atoms with E-state index in [0.717, 1.165) is 30.8 Å². The molecule has 0 aliphatic carbocycles. The van der Waals surface area contributed by atoms with Crippen LogP contribution in [0.15, 0.2) is 6.07 Å². The summed E-state index contributed by atoms with van der Waals surface area (Å²) in [7, 11) is 1.87. The first kappa shape index (κ1) is 15.0. The van der Waals surface area contributed by atoms with E-state index in [2.05, 4.69) is 31.2 Å².